The Kier molecular flexibility index (Phi) is 5.79. The number of benzene rings is 2. The number of fused-ring (bicyclic) bond motifs is 1. The topological polar surface area (TPSA) is 72.4 Å². The molecular weight excluding hydrogens is 414 g/mol. The Morgan fingerprint density at radius 2 is 1.76 bits per heavy atom. The van der Waals surface area contributed by atoms with E-state index in [0.717, 1.165) is 47.7 Å². The van der Waals surface area contributed by atoms with Crippen LogP contribution >= 0.6 is 0 Å². The first-order valence-corrected chi connectivity index (χ1v) is 11.1. The Bertz CT molecular complexity index is 1280. The highest BCUT2D eigenvalue weighted by Gasteiger charge is 2.27. The third-order valence-electron chi connectivity index (χ3n) is 6.12. The molecule has 3 heterocycles. The molecule has 1 N–H and O–H groups in total. The number of ether oxygens (including phenoxy) is 2. The molecule has 33 heavy (non-hydrogen) atoms. The molecule has 168 valence electrons. The summed E-state index contributed by atoms with van der Waals surface area (Å²) in [6.45, 7) is 4.69. The van der Waals surface area contributed by atoms with Crippen LogP contribution < -0.4 is 19.7 Å². The van der Waals surface area contributed by atoms with Gasteiger partial charge in [-0.15, -0.1) is 0 Å². The second-order valence-electron chi connectivity index (χ2n) is 8.16. The van der Waals surface area contributed by atoms with Crippen molar-refractivity contribution in [3.63, 3.8) is 0 Å². The van der Waals surface area contributed by atoms with Gasteiger partial charge in [0.25, 0.3) is 0 Å². The summed E-state index contributed by atoms with van der Waals surface area (Å²) in [6, 6.07) is 18.7. The predicted molar refractivity (Wildman–Crippen MR) is 130 cm³/mol. The Labute approximate surface area is 193 Å². The van der Waals surface area contributed by atoms with Gasteiger partial charge in [-0.25, -0.2) is 15.0 Å². The highest BCUT2D eigenvalue weighted by atomic mass is 16.5. The van der Waals surface area contributed by atoms with Crippen molar-refractivity contribution < 1.29 is 9.47 Å². The van der Waals surface area contributed by atoms with Crippen LogP contribution in [-0.4, -0.2) is 48.8 Å². The minimum absolute atomic E-state index is 0.170. The van der Waals surface area contributed by atoms with Crippen molar-refractivity contribution in [2.75, 3.05) is 38.8 Å². The molecule has 0 bridgehead atoms. The molecule has 0 saturated carbocycles. The zero-order chi connectivity index (χ0) is 22.8. The molecule has 0 aliphatic carbocycles. The van der Waals surface area contributed by atoms with Crippen LogP contribution in [0.1, 0.15) is 17.2 Å². The van der Waals surface area contributed by atoms with Crippen molar-refractivity contribution in [1.82, 2.24) is 20.3 Å². The molecule has 2 aromatic carbocycles. The predicted octanol–water partition coefficient (Wildman–Crippen LogP) is 4.17. The Morgan fingerprint density at radius 1 is 0.939 bits per heavy atom. The maximum absolute atomic E-state index is 5.48. The van der Waals surface area contributed by atoms with Gasteiger partial charge in [-0.05, 0) is 42.8 Å². The summed E-state index contributed by atoms with van der Waals surface area (Å²) in [5.74, 6) is 2.21. The lowest BCUT2D eigenvalue weighted by Crippen LogP contribution is -2.46. The largest absolute Gasteiger partial charge is 0.493 e. The van der Waals surface area contributed by atoms with Gasteiger partial charge in [0, 0.05) is 25.2 Å². The van der Waals surface area contributed by atoms with E-state index >= 15 is 0 Å². The van der Waals surface area contributed by atoms with Crippen LogP contribution in [0.15, 0.2) is 60.9 Å². The second-order valence-corrected chi connectivity index (χ2v) is 8.16. The van der Waals surface area contributed by atoms with Crippen molar-refractivity contribution in [3.8, 4) is 22.8 Å². The van der Waals surface area contributed by atoms with E-state index < -0.39 is 0 Å². The molecule has 1 atom stereocenters. The number of nitrogens with zero attached hydrogens (tertiary/aromatic N) is 4. The number of nitrogens with one attached hydrogen (secondary N) is 1. The molecule has 1 fully saturated rings. The highest BCUT2D eigenvalue weighted by Crippen LogP contribution is 2.34. The molecule has 5 rings (SSSR count). The summed E-state index contributed by atoms with van der Waals surface area (Å²) in [5, 5.41) is 3.53. The first-order chi connectivity index (χ1) is 16.2. The molecule has 0 amide bonds. The van der Waals surface area contributed by atoms with Crippen molar-refractivity contribution >= 4 is 16.9 Å². The molecule has 0 radical (unpaired) electrons. The Hall–Kier alpha value is -3.71. The Morgan fingerprint density at radius 3 is 2.55 bits per heavy atom. The van der Waals surface area contributed by atoms with Crippen LogP contribution in [0.5, 0.6) is 11.5 Å². The van der Waals surface area contributed by atoms with E-state index in [1.54, 1.807) is 20.5 Å². The fourth-order valence-corrected chi connectivity index (χ4v) is 4.34. The van der Waals surface area contributed by atoms with E-state index in [1.807, 2.05) is 30.3 Å². The third kappa shape index (κ3) is 4.07. The number of anilines is 1. The maximum Gasteiger partial charge on any atom is 0.161 e. The zero-order valence-electron chi connectivity index (χ0n) is 19.1. The van der Waals surface area contributed by atoms with Gasteiger partial charge in [0.1, 0.15) is 11.8 Å². The average molecular weight is 442 g/mol. The summed E-state index contributed by atoms with van der Waals surface area (Å²) in [4.78, 5) is 16.5. The van der Waals surface area contributed by atoms with Crippen molar-refractivity contribution in [2.45, 2.75) is 13.0 Å². The quantitative estimate of drug-likeness (QED) is 0.498. The van der Waals surface area contributed by atoms with Crippen LogP contribution in [0.4, 0.5) is 5.82 Å². The molecule has 7 heteroatoms. The molecule has 1 aliphatic heterocycles. The van der Waals surface area contributed by atoms with Crippen molar-refractivity contribution in [3.05, 3.63) is 72.1 Å². The van der Waals surface area contributed by atoms with Gasteiger partial charge in [0.15, 0.2) is 17.3 Å². The van der Waals surface area contributed by atoms with Crippen molar-refractivity contribution in [1.29, 1.82) is 0 Å². The van der Waals surface area contributed by atoms with Gasteiger partial charge >= 0.3 is 0 Å². The monoisotopic (exact) mass is 441 g/mol. The number of aryl methyl sites for hydroxylation is 1. The summed E-state index contributed by atoms with van der Waals surface area (Å²) < 4.78 is 10.9. The minimum atomic E-state index is 0.170. The van der Waals surface area contributed by atoms with Gasteiger partial charge in [0.05, 0.1) is 31.5 Å². The molecule has 1 aliphatic rings. The molecule has 1 unspecified atom stereocenters. The standard InChI is InChI=1S/C26H27N5O2/c1-17-4-6-18(7-5-17)22-15-27-12-13-31(22)26-25-21(28-16-29-26)10-9-20(30-25)19-8-11-23(32-2)24(14-19)33-3/h4-11,14,16,22,27H,12-13,15H2,1-3H3. The SMILES string of the molecule is COc1ccc(-c2ccc3ncnc(N4CCNCC4c4ccc(C)cc4)c3n2)cc1OC. The average Bonchev–Trinajstić information content (AvgIpc) is 2.88. The van der Waals surface area contributed by atoms with E-state index in [1.165, 1.54) is 11.1 Å². The normalized spacial score (nSPS) is 16.1. The van der Waals surface area contributed by atoms with Gasteiger partial charge in [-0.3, -0.25) is 0 Å². The second kappa shape index (κ2) is 9.03. The number of hydrogen-bond donors (Lipinski definition) is 1. The van der Waals surface area contributed by atoms with E-state index in [2.05, 4.69) is 46.4 Å². The first kappa shape index (κ1) is 21.2. The maximum atomic E-state index is 5.48. The number of hydrogen-bond acceptors (Lipinski definition) is 7. The molecule has 7 nitrogen and oxygen atoms in total. The summed E-state index contributed by atoms with van der Waals surface area (Å²) in [6.07, 6.45) is 1.63. The number of rotatable bonds is 5. The number of methoxy groups -OCH3 is 2. The van der Waals surface area contributed by atoms with Crippen LogP contribution in [0.3, 0.4) is 0 Å². The molecule has 4 aromatic rings. The van der Waals surface area contributed by atoms with Crippen molar-refractivity contribution in [2.24, 2.45) is 0 Å². The summed E-state index contributed by atoms with van der Waals surface area (Å²) in [5.41, 5.74) is 5.91. The fraction of sp³-hybridized carbons (Fsp3) is 0.269. The van der Waals surface area contributed by atoms with Crippen LogP contribution in [-0.2, 0) is 0 Å². The number of aromatic nitrogens is 3. The molecule has 0 spiro atoms. The van der Waals surface area contributed by atoms with Gasteiger partial charge in [0.2, 0.25) is 0 Å². The molecule has 1 saturated heterocycles. The van der Waals surface area contributed by atoms with Gasteiger partial charge in [-0.1, -0.05) is 29.8 Å². The van der Waals surface area contributed by atoms with Gasteiger partial charge in [-0.2, -0.15) is 0 Å². The van der Waals surface area contributed by atoms with E-state index in [0.29, 0.717) is 11.5 Å². The van der Waals surface area contributed by atoms with E-state index in [9.17, 15) is 0 Å². The smallest absolute Gasteiger partial charge is 0.161 e. The molecular formula is C26H27N5O2. The lowest BCUT2D eigenvalue weighted by atomic mass is 10.0. The first-order valence-electron chi connectivity index (χ1n) is 11.1. The van der Waals surface area contributed by atoms with Crippen LogP contribution in [0.25, 0.3) is 22.3 Å². The third-order valence-corrected chi connectivity index (χ3v) is 6.12. The lowest BCUT2D eigenvalue weighted by Gasteiger charge is -2.37. The number of piperazine rings is 1. The molecule has 2 aromatic heterocycles. The van der Waals surface area contributed by atoms with E-state index in [4.69, 9.17) is 19.4 Å². The van der Waals surface area contributed by atoms with E-state index in [-0.39, 0.29) is 6.04 Å². The minimum Gasteiger partial charge on any atom is -0.493 e. The lowest BCUT2D eigenvalue weighted by molar-refractivity contribution is 0.355. The summed E-state index contributed by atoms with van der Waals surface area (Å²) in [7, 11) is 3.27. The highest BCUT2D eigenvalue weighted by molar-refractivity contribution is 5.88. The fourth-order valence-electron chi connectivity index (χ4n) is 4.34. The summed E-state index contributed by atoms with van der Waals surface area (Å²) >= 11 is 0. The van der Waals surface area contributed by atoms with Crippen LogP contribution in [0, 0.1) is 6.92 Å². The zero-order valence-corrected chi connectivity index (χ0v) is 19.1. The van der Waals surface area contributed by atoms with Gasteiger partial charge < -0.3 is 19.7 Å². The van der Waals surface area contributed by atoms with Crippen LogP contribution in [0.2, 0.25) is 0 Å². The Balaban J connectivity index is 1.59. The number of pyridine rings is 1.